The monoisotopic (exact) mass is 596 g/mol. The van der Waals surface area contributed by atoms with Gasteiger partial charge in [0, 0.05) is 18.8 Å². The Hall–Kier alpha value is -4.00. The molecule has 4 aliphatic rings. The Bertz CT molecular complexity index is 1580. The fourth-order valence-electron chi connectivity index (χ4n) is 5.70. The van der Waals surface area contributed by atoms with Gasteiger partial charge in [-0.1, -0.05) is 17.7 Å². The number of amides is 2. The molecular weight excluding hydrogens is 567 g/mol. The second-order valence-electron chi connectivity index (χ2n) is 10.8. The van der Waals surface area contributed by atoms with Crippen LogP contribution in [0.1, 0.15) is 18.4 Å². The molecule has 0 radical (unpaired) electrons. The van der Waals surface area contributed by atoms with Crippen LogP contribution in [0.25, 0.3) is 0 Å². The van der Waals surface area contributed by atoms with Gasteiger partial charge in [0.15, 0.2) is 11.6 Å². The molecule has 220 valence electrons. The van der Waals surface area contributed by atoms with Crippen LogP contribution >= 0.6 is 11.6 Å². The summed E-state index contributed by atoms with van der Waals surface area (Å²) in [6, 6.07) is 4.96. The Morgan fingerprint density at radius 2 is 1.90 bits per heavy atom. The van der Waals surface area contributed by atoms with Crippen molar-refractivity contribution in [2.24, 2.45) is 4.99 Å². The van der Waals surface area contributed by atoms with Crippen LogP contribution in [0.2, 0.25) is 5.02 Å². The van der Waals surface area contributed by atoms with Gasteiger partial charge >= 0.3 is 0 Å². The molecule has 11 nitrogen and oxygen atoms in total. The Kier molecular flexibility index (Phi) is 7.60. The van der Waals surface area contributed by atoms with Gasteiger partial charge in [-0.3, -0.25) is 24.3 Å². The van der Waals surface area contributed by atoms with Crippen LogP contribution in [0.5, 0.6) is 5.75 Å². The van der Waals surface area contributed by atoms with E-state index >= 15 is 0 Å². The Morgan fingerprint density at radius 3 is 2.67 bits per heavy atom. The van der Waals surface area contributed by atoms with E-state index in [2.05, 4.69) is 25.5 Å². The molecule has 0 spiro atoms. The number of hydrogen-bond acceptors (Lipinski definition) is 9. The normalized spacial score (nSPS) is 23.0. The van der Waals surface area contributed by atoms with E-state index in [1.807, 2.05) is 7.05 Å². The number of nitrogens with one attached hydrogen (secondary N) is 3. The third-order valence-corrected chi connectivity index (χ3v) is 8.24. The fourth-order valence-corrected chi connectivity index (χ4v) is 5.86. The molecule has 0 bridgehead atoms. The maximum atomic E-state index is 14.1. The molecule has 42 heavy (non-hydrogen) atoms. The number of benzene rings is 1. The number of carbonyl (C=O) groups excluding carboxylic acids is 2. The van der Waals surface area contributed by atoms with Crippen LogP contribution in [-0.2, 0) is 9.59 Å². The molecule has 13 heteroatoms. The summed E-state index contributed by atoms with van der Waals surface area (Å²) < 4.78 is 19.4. The molecule has 2 unspecified atom stereocenters. The molecule has 0 saturated carbocycles. The molecule has 4 heterocycles. The van der Waals surface area contributed by atoms with Crippen molar-refractivity contribution in [1.29, 1.82) is 0 Å². The molecule has 2 aromatic rings. The van der Waals surface area contributed by atoms with Crippen LogP contribution in [0, 0.1) is 5.82 Å². The zero-order valence-corrected chi connectivity index (χ0v) is 23.5. The van der Waals surface area contributed by atoms with Crippen molar-refractivity contribution in [2.45, 2.75) is 37.1 Å². The number of ether oxygens (including phenoxy) is 1. The van der Waals surface area contributed by atoms with Crippen LogP contribution in [0.4, 0.5) is 10.1 Å². The topological polar surface area (TPSA) is 139 Å². The maximum Gasteiger partial charge on any atom is 0.261 e. The van der Waals surface area contributed by atoms with Gasteiger partial charge in [0.05, 0.1) is 33.9 Å². The van der Waals surface area contributed by atoms with Gasteiger partial charge in [-0.2, -0.15) is 0 Å². The standard InChI is InChI=1S/C29H30ClFN6O5/c1-36-9-6-15(7-10-36)37-28(40)17-11-21-22(12-18(17)29(37)41)35-26(34-21)24-20(5-8-32-27(24)39)33-13-16(38)14-42-23-4-2-3-19(30)25(23)31/h2-5,8,11-12,15-16,21-22,38H,6-7,9-10,13-14H2,1H3,(H,34,35)(H2,32,33,39)/t16-,21?,22?/m1/s1. The zero-order valence-electron chi connectivity index (χ0n) is 22.8. The van der Waals surface area contributed by atoms with Crippen LogP contribution in [0.15, 0.2) is 63.5 Å². The quantitative estimate of drug-likeness (QED) is 0.336. The van der Waals surface area contributed by atoms with E-state index in [0.717, 1.165) is 25.9 Å². The summed E-state index contributed by atoms with van der Waals surface area (Å²) in [6.07, 6.45) is 5.33. The first kappa shape index (κ1) is 28.1. The number of aromatic amines is 1. The lowest BCUT2D eigenvalue weighted by Crippen LogP contribution is -2.46. The molecule has 1 aromatic carbocycles. The number of halogens is 2. The third kappa shape index (κ3) is 5.21. The number of hydrogen-bond donors (Lipinski definition) is 4. The predicted molar refractivity (Wildman–Crippen MR) is 154 cm³/mol. The number of pyridine rings is 1. The second kappa shape index (κ2) is 11.3. The van der Waals surface area contributed by atoms with Crippen molar-refractivity contribution in [2.75, 3.05) is 38.6 Å². The number of nitrogens with zero attached hydrogens (tertiary/aromatic N) is 3. The Morgan fingerprint density at radius 1 is 1.17 bits per heavy atom. The number of imide groups is 1. The third-order valence-electron chi connectivity index (χ3n) is 7.95. The highest BCUT2D eigenvalue weighted by Gasteiger charge is 2.47. The molecule has 2 saturated heterocycles. The van der Waals surface area contributed by atoms with Crippen LogP contribution in [0.3, 0.4) is 0 Å². The summed E-state index contributed by atoms with van der Waals surface area (Å²) in [5, 5.41) is 16.6. The van der Waals surface area contributed by atoms with Crippen molar-refractivity contribution < 1.29 is 23.8 Å². The lowest BCUT2D eigenvalue weighted by Gasteiger charge is -2.33. The predicted octanol–water partition coefficient (Wildman–Crippen LogP) is 1.44. The van der Waals surface area contributed by atoms with E-state index in [0.29, 0.717) is 22.7 Å². The maximum absolute atomic E-state index is 14.1. The van der Waals surface area contributed by atoms with Gasteiger partial charge in [0.25, 0.3) is 17.4 Å². The number of likely N-dealkylation sites (tertiary alicyclic amines) is 2. The number of piperidine rings is 1. The first-order valence-electron chi connectivity index (χ1n) is 13.8. The molecular formula is C29H30ClFN6O5. The molecule has 1 aromatic heterocycles. The van der Waals surface area contributed by atoms with Gasteiger partial charge < -0.3 is 30.4 Å². The Balaban J connectivity index is 1.16. The number of fused-ring (bicyclic) bond motifs is 2. The highest BCUT2D eigenvalue weighted by atomic mass is 35.5. The summed E-state index contributed by atoms with van der Waals surface area (Å²) in [5.41, 5.74) is 0.916. The van der Waals surface area contributed by atoms with Gasteiger partial charge in [-0.05, 0) is 63.3 Å². The average Bonchev–Trinajstić information content (AvgIpc) is 3.49. The molecule has 3 atom stereocenters. The number of aromatic nitrogens is 1. The number of aliphatic hydroxyl groups is 1. The van der Waals surface area contributed by atoms with Crippen molar-refractivity contribution in [3.05, 3.63) is 80.5 Å². The number of rotatable bonds is 8. The van der Waals surface area contributed by atoms with E-state index in [1.54, 1.807) is 18.2 Å². The minimum absolute atomic E-state index is 0.0112. The second-order valence-corrected chi connectivity index (χ2v) is 11.2. The SMILES string of the molecule is CN1CCC(N2C(=O)C3=CC4N=C(c5c(NC[C@@H](O)COc6cccc(Cl)c6F)cc[nH]c5=O)NC4C=C3C2=O)CC1. The minimum atomic E-state index is -1.05. The van der Waals surface area contributed by atoms with Crippen molar-refractivity contribution in [3.8, 4) is 5.75 Å². The number of H-pyrrole nitrogens is 1. The van der Waals surface area contributed by atoms with E-state index in [-0.39, 0.29) is 47.3 Å². The first-order valence-corrected chi connectivity index (χ1v) is 14.1. The lowest BCUT2D eigenvalue weighted by molar-refractivity contribution is -0.140. The van der Waals surface area contributed by atoms with E-state index in [4.69, 9.17) is 16.3 Å². The first-order chi connectivity index (χ1) is 20.2. The van der Waals surface area contributed by atoms with E-state index < -0.39 is 29.6 Å². The van der Waals surface area contributed by atoms with Gasteiger partial charge in [0.1, 0.15) is 24.1 Å². The summed E-state index contributed by atoms with van der Waals surface area (Å²) in [7, 11) is 2.03. The number of carbonyl (C=O) groups is 2. The van der Waals surface area contributed by atoms with Crippen LogP contribution in [-0.4, -0.2) is 95.1 Å². The molecule has 6 rings (SSSR count). The highest BCUT2D eigenvalue weighted by molar-refractivity contribution is 6.30. The highest BCUT2D eigenvalue weighted by Crippen LogP contribution is 2.35. The molecule has 2 fully saturated rings. The summed E-state index contributed by atoms with van der Waals surface area (Å²) in [5.74, 6) is -1.08. The average molecular weight is 597 g/mol. The van der Waals surface area contributed by atoms with Crippen molar-refractivity contribution in [1.82, 2.24) is 20.1 Å². The number of aliphatic hydroxyl groups excluding tert-OH is 1. The van der Waals surface area contributed by atoms with Crippen molar-refractivity contribution in [3.63, 3.8) is 0 Å². The summed E-state index contributed by atoms with van der Waals surface area (Å²) in [6.45, 7) is 1.42. The smallest absolute Gasteiger partial charge is 0.261 e. The zero-order chi connectivity index (χ0) is 29.5. The lowest BCUT2D eigenvalue weighted by atomic mass is 9.94. The minimum Gasteiger partial charge on any atom is -0.488 e. The Labute approximate surface area is 245 Å². The molecule has 4 N–H and O–H groups in total. The number of aliphatic imine (C=N–C) groups is 1. The largest absolute Gasteiger partial charge is 0.488 e. The summed E-state index contributed by atoms with van der Waals surface area (Å²) >= 11 is 5.77. The van der Waals surface area contributed by atoms with Gasteiger partial charge in [-0.15, -0.1) is 0 Å². The van der Waals surface area contributed by atoms with Crippen LogP contribution < -0.4 is 20.9 Å². The fraction of sp³-hybridized carbons (Fsp3) is 0.379. The van der Waals surface area contributed by atoms with E-state index in [9.17, 15) is 23.9 Å². The number of amidine groups is 1. The van der Waals surface area contributed by atoms with Gasteiger partial charge in [0.2, 0.25) is 0 Å². The summed E-state index contributed by atoms with van der Waals surface area (Å²) in [4.78, 5) is 50.4. The molecule has 2 amide bonds. The van der Waals surface area contributed by atoms with Crippen molar-refractivity contribution >= 4 is 34.9 Å². The molecule has 1 aliphatic carbocycles. The van der Waals surface area contributed by atoms with Gasteiger partial charge in [-0.25, -0.2) is 4.39 Å². The number of anilines is 1. The van der Waals surface area contributed by atoms with E-state index in [1.165, 1.54) is 29.3 Å². The molecule has 3 aliphatic heterocycles.